The van der Waals surface area contributed by atoms with Crippen molar-refractivity contribution in [3.8, 4) is 0 Å². The third-order valence-corrected chi connectivity index (χ3v) is 4.28. The van der Waals surface area contributed by atoms with Crippen LogP contribution in [0.1, 0.15) is 25.7 Å². The molecule has 1 aliphatic rings. The Hall–Kier alpha value is -1.08. The number of nitroso groups, excluding NO2 is 1. The molecule has 2 amide bonds. The molecular weight excluding hydrogens is 386 g/mol. The lowest BCUT2D eigenvalue weighted by Gasteiger charge is -2.39. The highest BCUT2D eigenvalue weighted by molar-refractivity contribution is 6.18. The molecule has 0 saturated carbocycles. The van der Waals surface area contributed by atoms with Crippen LogP contribution in [0, 0.1) is 4.91 Å². The van der Waals surface area contributed by atoms with E-state index in [2.05, 4.69) is 10.6 Å². The number of halogens is 1. The van der Waals surface area contributed by atoms with Gasteiger partial charge in [-0.05, 0) is 12.8 Å². The maximum atomic E-state index is 11.6. The molecule has 0 bridgehead atoms. The first kappa shape index (κ1) is 24.0. The van der Waals surface area contributed by atoms with Gasteiger partial charge in [-0.3, -0.25) is 0 Å². The lowest BCUT2D eigenvalue weighted by molar-refractivity contribution is -0.301. The minimum Gasteiger partial charge on any atom is -0.394 e. The second kappa shape index (κ2) is 13.2. The number of hydrogen-bond donors (Lipinski definition) is 5. The smallest absolute Gasteiger partial charge is 0.340 e. The summed E-state index contributed by atoms with van der Waals surface area (Å²) >= 11 is 5.45. The lowest BCUT2D eigenvalue weighted by Crippen LogP contribution is -2.59. The molecule has 5 atom stereocenters. The molecule has 12 heteroatoms. The first-order valence-electron chi connectivity index (χ1n) is 8.83. The zero-order valence-electron chi connectivity index (χ0n) is 14.9. The largest absolute Gasteiger partial charge is 0.394 e. The van der Waals surface area contributed by atoms with E-state index in [0.717, 1.165) is 17.9 Å². The predicted octanol–water partition coefficient (Wildman–Crippen LogP) is -0.705. The first-order chi connectivity index (χ1) is 13.0. The molecule has 1 heterocycles. The van der Waals surface area contributed by atoms with Crippen LogP contribution in [0.5, 0.6) is 0 Å². The number of aliphatic hydroxyl groups is 4. The summed E-state index contributed by atoms with van der Waals surface area (Å²) < 4.78 is 10.6. The van der Waals surface area contributed by atoms with Crippen molar-refractivity contribution in [2.75, 3.05) is 32.2 Å². The van der Waals surface area contributed by atoms with E-state index in [-0.39, 0.29) is 19.0 Å². The van der Waals surface area contributed by atoms with Gasteiger partial charge in [0.1, 0.15) is 24.4 Å². The SMILES string of the molecule is O=NN(CCCl)C(=O)NCCCCCCO[C@@H]1O[C@H](CO)[C@@H](O)[C@H](O)[C@H]1O. The highest BCUT2D eigenvalue weighted by Gasteiger charge is 2.43. The van der Waals surface area contributed by atoms with Crippen LogP contribution in [0.25, 0.3) is 0 Å². The van der Waals surface area contributed by atoms with Crippen LogP contribution in [0.3, 0.4) is 0 Å². The van der Waals surface area contributed by atoms with Gasteiger partial charge >= 0.3 is 6.03 Å². The van der Waals surface area contributed by atoms with Gasteiger partial charge in [-0.25, -0.2) is 4.79 Å². The quantitative estimate of drug-likeness (QED) is 0.121. The highest BCUT2D eigenvalue weighted by atomic mass is 35.5. The number of hydrogen-bond acceptors (Lipinski definition) is 9. The molecule has 0 radical (unpaired) electrons. The van der Waals surface area contributed by atoms with Gasteiger partial charge in [0, 0.05) is 19.0 Å². The predicted molar refractivity (Wildman–Crippen MR) is 94.8 cm³/mol. The Morgan fingerprint density at radius 1 is 1.15 bits per heavy atom. The van der Waals surface area contributed by atoms with E-state index >= 15 is 0 Å². The van der Waals surface area contributed by atoms with Gasteiger partial charge in [0.25, 0.3) is 0 Å². The minimum atomic E-state index is -1.45. The Bertz CT molecular complexity index is 445. The minimum absolute atomic E-state index is 0.0478. The molecule has 0 aromatic heterocycles. The summed E-state index contributed by atoms with van der Waals surface area (Å²) in [5.41, 5.74) is 0. The fourth-order valence-electron chi connectivity index (χ4n) is 2.53. The summed E-state index contributed by atoms with van der Waals surface area (Å²) in [6, 6.07) is -0.586. The third-order valence-electron chi connectivity index (χ3n) is 4.11. The molecule has 0 aromatic rings. The van der Waals surface area contributed by atoms with Crippen LogP contribution < -0.4 is 5.32 Å². The number of ether oxygens (including phenoxy) is 2. The number of urea groups is 1. The van der Waals surface area contributed by atoms with E-state index < -0.39 is 43.3 Å². The lowest BCUT2D eigenvalue weighted by atomic mass is 9.99. The number of carbonyl (C=O) groups is 1. The topological polar surface area (TPSA) is 161 Å². The number of nitrogens with zero attached hydrogens (tertiary/aromatic N) is 2. The zero-order valence-corrected chi connectivity index (χ0v) is 15.7. The molecule has 0 spiro atoms. The molecular formula is C15H28ClN3O8. The third kappa shape index (κ3) is 7.82. The molecule has 1 saturated heterocycles. The number of amides is 2. The van der Waals surface area contributed by atoms with Crippen molar-refractivity contribution in [3.05, 3.63) is 4.91 Å². The number of carbonyl (C=O) groups excluding carboxylic acids is 1. The summed E-state index contributed by atoms with van der Waals surface area (Å²) in [7, 11) is 0. The van der Waals surface area contributed by atoms with Gasteiger partial charge in [-0.15, -0.1) is 16.5 Å². The van der Waals surface area contributed by atoms with E-state index in [4.69, 9.17) is 26.2 Å². The summed E-state index contributed by atoms with van der Waals surface area (Å²) in [5, 5.41) is 44.1. The van der Waals surface area contributed by atoms with E-state index in [0.29, 0.717) is 19.4 Å². The maximum Gasteiger partial charge on any atom is 0.340 e. The second-order valence-corrected chi connectivity index (χ2v) is 6.49. The summed E-state index contributed by atoms with van der Waals surface area (Å²) in [6.07, 6.45) is -3.46. The number of alkyl halides is 1. The van der Waals surface area contributed by atoms with Gasteiger partial charge in [0.2, 0.25) is 0 Å². The molecule has 0 aromatic carbocycles. The standard InChI is InChI=1S/C15H28ClN3O8/c16-5-7-19(18-25)15(24)17-6-3-1-2-4-8-26-14-13(23)12(22)11(21)10(9-20)27-14/h10-14,20-23H,1-9H2,(H,17,24)/t10-,11-,12+,13-,14-/m1/s1. The first-order valence-corrected chi connectivity index (χ1v) is 9.36. The molecule has 0 aliphatic carbocycles. The summed E-state index contributed by atoms with van der Waals surface area (Å²) in [5.74, 6) is 0.119. The zero-order chi connectivity index (χ0) is 20.2. The molecule has 27 heavy (non-hydrogen) atoms. The van der Waals surface area contributed by atoms with Crippen LogP contribution in [0.4, 0.5) is 4.79 Å². The summed E-state index contributed by atoms with van der Waals surface area (Å²) in [4.78, 5) is 22.0. The molecule has 1 aliphatic heterocycles. The van der Waals surface area contributed by atoms with E-state index in [9.17, 15) is 25.0 Å². The average molecular weight is 414 g/mol. The van der Waals surface area contributed by atoms with E-state index in [1.165, 1.54) is 0 Å². The van der Waals surface area contributed by atoms with Gasteiger partial charge in [-0.1, -0.05) is 12.8 Å². The average Bonchev–Trinajstić information content (AvgIpc) is 2.67. The van der Waals surface area contributed by atoms with Gasteiger partial charge in [0.15, 0.2) is 6.29 Å². The van der Waals surface area contributed by atoms with E-state index in [1.54, 1.807) is 0 Å². The van der Waals surface area contributed by atoms with Gasteiger partial charge < -0.3 is 35.2 Å². The molecule has 5 N–H and O–H groups in total. The Balaban J connectivity index is 2.12. The van der Waals surface area contributed by atoms with Crippen LogP contribution in [0.15, 0.2) is 5.29 Å². The number of aliphatic hydroxyl groups excluding tert-OH is 4. The fraction of sp³-hybridized carbons (Fsp3) is 0.933. The molecule has 0 unspecified atom stereocenters. The molecule has 158 valence electrons. The van der Waals surface area contributed by atoms with Crippen molar-refractivity contribution >= 4 is 17.6 Å². The van der Waals surface area contributed by atoms with Crippen molar-refractivity contribution in [1.82, 2.24) is 10.3 Å². The molecule has 1 fully saturated rings. The number of nitrogens with one attached hydrogen (secondary N) is 1. The van der Waals surface area contributed by atoms with Crippen LogP contribution in [-0.2, 0) is 9.47 Å². The fourth-order valence-corrected chi connectivity index (χ4v) is 2.69. The summed E-state index contributed by atoms with van der Waals surface area (Å²) in [6.45, 7) is 0.193. The Labute approximate surface area is 162 Å². The van der Waals surface area contributed by atoms with E-state index in [1.807, 2.05) is 0 Å². The molecule has 1 rings (SSSR count). The van der Waals surface area contributed by atoms with Crippen molar-refractivity contribution in [3.63, 3.8) is 0 Å². The van der Waals surface area contributed by atoms with Crippen molar-refractivity contribution in [2.45, 2.75) is 56.4 Å². The molecule has 11 nitrogen and oxygen atoms in total. The number of unbranched alkanes of at least 4 members (excludes halogenated alkanes) is 3. The Kier molecular flexibility index (Phi) is 11.7. The monoisotopic (exact) mass is 413 g/mol. The Morgan fingerprint density at radius 3 is 2.48 bits per heavy atom. The van der Waals surface area contributed by atoms with Crippen molar-refractivity contribution in [1.29, 1.82) is 0 Å². The number of rotatable bonds is 12. The highest BCUT2D eigenvalue weighted by Crippen LogP contribution is 2.22. The van der Waals surface area contributed by atoms with Crippen molar-refractivity contribution < 1.29 is 34.7 Å². The van der Waals surface area contributed by atoms with Gasteiger partial charge in [0.05, 0.1) is 18.4 Å². The normalized spacial score (nSPS) is 28.0. The second-order valence-electron chi connectivity index (χ2n) is 6.11. The van der Waals surface area contributed by atoms with Crippen LogP contribution in [-0.4, -0.2) is 94.4 Å². The van der Waals surface area contributed by atoms with Crippen LogP contribution in [0.2, 0.25) is 0 Å². The van der Waals surface area contributed by atoms with Crippen molar-refractivity contribution in [2.24, 2.45) is 5.29 Å². The Morgan fingerprint density at radius 2 is 1.85 bits per heavy atom. The van der Waals surface area contributed by atoms with Gasteiger partial charge in [-0.2, -0.15) is 5.01 Å². The van der Waals surface area contributed by atoms with Crippen LogP contribution >= 0.6 is 11.6 Å². The maximum absolute atomic E-state index is 11.6.